The zero-order chi connectivity index (χ0) is 12.5. The maximum absolute atomic E-state index is 5.75. The summed E-state index contributed by atoms with van der Waals surface area (Å²) in [5.74, 6) is 0. The molecule has 1 aromatic heterocycles. The smallest absolute Gasteiger partial charge is 0.0521 e. The lowest BCUT2D eigenvalue weighted by Crippen LogP contribution is -1.94. The van der Waals surface area contributed by atoms with Crippen LogP contribution in [-0.2, 0) is 0 Å². The number of hydrogen-bond donors (Lipinski definition) is 2. The lowest BCUT2D eigenvalue weighted by molar-refractivity contribution is 1.53. The van der Waals surface area contributed by atoms with E-state index in [1.807, 2.05) is 18.2 Å². The first-order valence-electron chi connectivity index (χ1n) is 5.52. The van der Waals surface area contributed by atoms with Crippen molar-refractivity contribution in [3.05, 3.63) is 51.4 Å². The van der Waals surface area contributed by atoms with Crippen LogP contribution < -0.4 is 11.1 Å². The fourth-order valence-corrected chi connectivity index (χ4v) is 3.28. The minimum absolute atomic E-state index is 0.790. The SMILES string of the molecule is Nc1ccc(Nc2ccc3sccc3c2)c(I)c1. The van der Waals surface area contributed by atoms with Crippen LogP contribution in [0.2, 0.25) is 0 Å². The minimum atomic E-state index is 0.790. The molecule has 1 heterocycles. The van der Waals surface area contributed by atoms with Gasteiger partial charge in [-0.1, -0.05) is 0 Å². The minimum Gasteiger partial charge on any atom is -0.399 e. The lowest BCUT2D eigenvalue weighted by atomic mass is 10.2. The maximum atomic E-state index is 5.75. The number of anilines is 3. The van der Waals surface area contributed by atoms with E-state index in [0.717, 1.165) is 20.6 Å². The van der Waals surface area contributed by atoms with Crippen LogP contribution in [0.4, 0.5) is 17.1 Å². The summed E-state index contributed by atoms with van der Waals surface area (Å²) < 4.78 is 2.44. The number of nitrogen functional groups attached to an aromatic ring is 1. The van der Waals surface area contributed by atoms with Gasteiger partial charge in [-0.2, -0.15) is 0 Å². The highest BCUT2D eigenvalue weighted by Gasteiger charge is 2.02. The first-order chi connectivity index (χ1) is 8.72. The van der Waals surface area contributed by atoms with Crippen LogP contribution in [0.25, 0.3) is 10.1 Å². The summed E-state index contributed by atoms with van der Waals surface area (Å²) in [6.07, 6.45) is 0. The molecule has 0 aliphatic rings. The average Bonchev–Trinajstić information content (AvgIpc) is 2.80. The number of halogens is 1. The van der Waals surface area contributed by atoms with Crippen molar-refractivity contribution in [1.82, 2.24) is 0 Å². The van der Waals surface area contributed by atoms with Gasteiger partial charge in [0.1, 0.15) is 0 Å². The normalized spacial score (nSPS) is 10.7. The van der Waals surface area contributed by atoms with Crippen LogP contribution in [0.3, 0.4) is 0 Å². The van der Waals surface area contributed by atoms with Crippen molar-refractivity contribution in [1.29, 1.82) is 0 Å². The van der Waals surface area contributed by atoms with Gasteiger partial charge in [0.05, 0.1) is 5.69 Å². The molecule has 90 valence electrons. The number of hydrogen-bond acceptors (Lipinski definition) is 3. The van der Waals surface area contributed by atoms with Gasteiger partial charge in [0, 0.05) is 19.6 Å². The first kappa shape index (κ1) is 11.8. The van der Waals surface area contributed by atoms with E-state index in [1.54, 1.807) is 11.3 Å². The van der Waals surface area contributed by atoms with Crippen LogP contribution in [-0.4, -0.2) is 0 Å². The average molecular weight is 366 g/mol. The number of benzene rings is 2. The van der Waals surface area contributed by atoms with Gasteiger partial charge in [0.25, 0.3) is 0 Å². The molecule has 2 nitrogen and oxygen atoms in total. The molecule has 0 atom stereocenters. The van der Waals surface area contributed by atoms with Crippen molar-refractivity contribution >= 4 is 61.1 Å². The summed E-state index contributed by atoms with van der Waals surface area (Å²) in [6, 6.07) is 14.4. The molecule has 3 aromatic rings. The number of nitrogens with one attached hydrogen (secondary N) is 1. The van der Waals surface area contributed by atoms with Crippen LogP contribution >= 0.6 is 33.9 Å². The molecule has 0 saturated carbocycles. The Bertz CT molecular complexity index is 706. The standard InChI is InChI=1S/C14H11IN2S/c15-12-8-10(16)1-3-13(12)17-11-2-4-14-9(7-11)5-6-18-14/h1-8,17H,16H2. The molecule has 18 heavy (non-hydrogen) atoms. The maximum Gasteiger partial charge on any atom is 0.0521 e. The molecular weight excluding hydrogens is 355 g/mol. The van der Waals surface area contributed by atoms with Gasteiger partial charge in [-0.05, 0) is 75.8 Å². The zero-order valence-electron chi connectivity index (χ0n) is 9.48. The van der Waals surface area contributed by atoms with E-state index >= 15 is 0 Å². The third-order valence-electron chi connectivity index (χ3n) is 2.72. The van der Waals surface area contributed by atoms with E-state index in [1.165, 1.54) is 10.1 Å². The van der Waals surface area contributed by atoms with E-state index in [0.29, 0.717) is 0 Å². The molecule has 2 aromatic carbocycles. The van der Waals surface area contributed by atoms with Crippen molar-refractivity contribution < 1.29 is 0 Å². The van der Waals surface area contributed by atoms with Gasteiger partial charge in [-0.15, -0.1) is 11.3 Å². The van der Waals surface area contributed by atoms with Gasteiger partial charge in [-0.25, -0.2) is 0 Å². The van der Waals surface area contributed by atoms with Gasteiger partial charge < -0.3 is 11.1 Å². The highest BCUT2D eigenvalue weighted by molar-refractivity contribution is 14.1. The van der Waals surface area contributed by atoms with Crippen molar-refractivity contribution in [2.75, 3.05) is 11.1 Å². The number of rotatable bonds is 2. The Labute approximate surface area is 123 Å². The Morgan fingerprint density at radius 3 is 2.78 bits per heavy atom. The molecule has 0 radical (unpaired) electrons. The van der Waals surface area contributed by atoms with E-state index in [4.69, 9.17) is 5.73 Å². The second-order valence-corrected chi connectivity index (χ2v) is 6.15. The number of thiophene rings is 1. The summed E-state index contributed by atoms with van der Waals surface area (Å²) in [6.45, 7) is 0. The molecular formula is C14H11IN2S. The second-order valence-electron chi connectivity index (χ2n) is 4.04. The first-order valence-corrected chi connectivity index (χ1v) is 7.47. The fraction of sp³-hybridized carbons (Fsp3) is 0. The molecule has 4 heteroatoms. The van der Waals surface area contributed by atoms with E-state index in [2.05, 4.69) is 57.6 Å². The topological polar surface area (TPSA) is 38.0 Å². The molecule has 0 aliphatic heterocycles. The molecule has 0 unspecified atom stereocenters. The van der Waals surface area contributed by atoms with E-state index < -0.39 is 0 Å². The van der Waals surface area contributed by atoms with Gasteiger partial charge in [0.15, 0.2) is 0 Å². The molecule has 0 aliphatic carbocycles. The summed E-state index contributed by atoms with van der Waals surface area (Å²) in [7, 11) is 0. The second kappa shape index (κ2) is 4.78. The molecule has 0 spiro atoms. The largest absolute Gasteiger partial charge is 0.399 e. The number of nitrogens with two attached hydrogens (primary N) is 1. The Kier molecular flexibility index (Phi) is 3.13. The predicted molar refractivity (Wildman–Crippen MR) is 88.7 cm³/mol. The Morgan fingerprint density at radius 2 is 1.94 bits per heavy atom. The Morgan fingerprint density at radius 1 is 1.06 bits per heavy atom. The quantitative estimate of drug-likeness (QED) is 0.504. The summed E-state index contributed by atoms with van der Waals surface area (Å²) in [5, 5.41) is 6.81. The van der Waals surface area contributed by atoms with Gasteiger partial charge >= 0.3 is 0 Å². The Balaban J connectivity index is 1.95. The molecule has 3 rings (SSSR count). The Hall–Kier alpha value is -1.27. The van der Waals surface area contributed by atoms with Crippen LogP contribution in [0.1, 0.15) is 0 Å². The highest BCUT2D eigenvalue weighted by atomic mass is 127. The van der Waals surface area contributed by atoms with Crippen molar-refractivity contribution in [2.24, 2.45) is 0 Å². The van der Waals surface area contributed by atoms with Crippen molar-refractivity contribution in [2.45, 2.75) is 0 Å². The third kappa shape index (κ3) is 2.30. The summed E-state index contributed by atoms with van der Waals surface area (Å²) >= 11 is 4.05. The molecule has 0 amide bonds. The van der Waals surface area contributed by atoms with Crippen LogP contribution in [0.15, 0.2) is 47.8 Å². The zero-order valence-corrected chi connectivity index (χ0v) is 12.5. The summed E-state index contributed by atoms with van der Waals surface area (Å²) in [5.41, 5.74) is 8.72. The van der Waals surface area contributed by atoms with Gasteiger partial charge in [-0.3, -0.25) is 0 Å². The molecule has 0 bridgehead atoms. The molecule has 0 fully saturated rings. The predicted octanol–water partition coefficient (Wildman–Crippen LogP) is 4.83. The highest BCUT2D eigenvalue weighted by Crippen LogP contribution is 2.28. The monoisotopic (exact) mass is 366 g/mol. The molecule has 3 N–H and O–H groups in total. The third-order valence-corrected chi connectivity index (χ3v) is 4.51. The van der Waals surface area contributed by atoms with Crippen LogP contribution in [0.5, 0.6) is 0 Å². The molecule has 0 saturated heterocycles. The van der Waals surface area contributed by atoms with Crippen LogP contribution in [0, 0.1) is 3.57 Å². The van der Waals surface area contributed by atoms with Crippen molar-refractivity contribution in [3.63, 3.8) is 0 Å². The van der Waals surface area contributed by atoms with E-state index in [9.17, 15) is 0 Å². The number of fused-ring (bicyclic) bond motifs is 1. The van der Waals surface area contributed by atoms with E-state index in [-0.39, 0.29) is 0 Å². The van der Waals surface area contributed by atoms with Gasteiger partial charge in [0.2, 0.25) is 0 Å². The summed E-state index contributed by atoms with van der Waals surface area (Å²) in [4.78, 5) is 0. The van der Waals surface area contributed by atoms with Crippen molar-refractivity contribution in [3.8, 4) is 0 Å². The fourth-order valence-electron chi connectivity index (χ4n) is 1.83. The lowest BCUT2D eigenvalue weighted by Gasteiger charge is -2.09.